The molecule has 0 saturated carbocycles. The molecule has 16 heavy (non-hydrogen) atoms. The average molecular weight is 221 g/mol. The van der Waals surface area contributed by atoms with E-state index in [0.29, 0.717) is 6.61 Å². The molecule has 0 amide bonds. The van der Waals surface area contributed by atoms with Crippen molar-refractivity contribution in [2.45, 2.75) is 25.8 Å². The van der Waals surface area contributed by atoms with Crippen LogP contribution in [0.25, 0.3) is 0 Å². The van der Waals surface area contributed by atoms with E-state index in [1.54, 1.807) is 18.6 Å². The highest BCUT2D eigenvalue weighted by molar-refractivity contribution is 5.80. The van der Waals surface area contributed by atoms with Crippen LogP contribution >= 0.6 is 0 Å². The van der Waals surface area contributed by atoms with Crippen molar-refractivity contribution in [1.29, 1.82) is 0 Å². The van der Waals surface area contributed by atoms with Crippen molar-refractivity contribution < 1.29 is 9.53 Å². The maximum absolute atomic E-state index is 11.7. The van der Waals surface area contributed by atoms with Gasteiger partial charge in [0.2, 0.25) is 0 Å². The Balaban J connectivity index is 2.12. The third-order valence-corrected chi connectivity index (χ3v) is 2.66. The largest absolute Gasteiger partial charge is 0.464 e. The van der Waals surface area contributed by atoms with Crippen LogP contribution in [0, 0.1) is 0 Å². The number of rotatable bonds is 3. The standard InChI is InChI=1S/C11H15N3O2/c1-2-16-11(15)9-4-3-7-14(9)10-8-12-5-6-13-10/h5-6,8-9H,2-4,7H2,1H3. The Hall–Kier alpha value is -1.65. The van der Waals surface area contributed by atoms with Crippen molar-refractivity contribution in [3.8, 4) is 0 Å². The molecular weight excluding hydrogens is 206 g/mol. The molecule has 1 aliphatic heterocycles. The molecule has 5 heteroatoms. The molecule has 2 heterocycles. The smallest absolute Gasteiger partial charge is 0.328 e. The lowest BCUT2D eigenvalue weighted by atomic mass is 10.2. The molecule has 0 aromatic carbocycles. The van der Waals surface area contributed by atoms with Crippen LogP contribution in [-0.2, 0) is 9.53 Å². The summed E-state index contributed by atoms with van der Waals surface area (Å²) < 4.78 is 5.05. The maximum atomic E-state index is 11.7. The molecule has 86 valence electrons. The van der Waals surface area contributed by atoms with E-state index < -0.39 is 0 Å². The van der Waals surface area contributed by atoms with Crippen LogP contribution in [0.2, 0.25) is 0 Å². The van der Waals surface area contributed by atoms with Crippen molar-refractivity contribution in [3.63, 3.8) is 0 Å². The molecule has 0 N–H and O–H groups in total. The molecule has 0 spiro atoms. The molecule has 0 bridgehead atoms. The van der Waals surface area contributed by atoms with E-state index >= 15 is 0 Å². The highest BCUT2D eigenvalue weighted by Crippen LogP contribution is 2.23. The second kappa shape index (κ2) is 4.92. The highest BCUT2D eigenvalue weighted by Gasteiger charge is 2.32. The first-order valence-electron chi connectivity index (χ1n) is 5.52. The van der Waals surface area contributed by atoms with E-state index in [4.69, 9.17) is 4.74 Å². The first-order valence-corrected chi connectivity index (χ1v) is 5.52. The fourth-order valence-corrected chi connectivity index (χ4v) is 1.96. The van der Waals surface area contributed by atoms with Gasteiger partial charge in [-0.25, -0.2) is 9.78 Å². The van der Waals surface area contributed by atoms with E-state index in [-0.39, 0.29) is 12.0 Å². The van der Waals surface area contributed by atoms with Gasteiger partial charge >= 0.3 is 5.97 Å². The number of carbonyl (C=O) groups is 1. The summed E-state index contributed by atoms with van der Waals surface area (Å²) in [5, 5.41) is 0. The molecule has 1 saturated heterocycles. The molecule has 1 fully saturated rings. The van der Waals surface area contributed by atoms with Crippen molar-refractivity contribution in [2.75, 3.05) is 18.1 Å². The molecule has 1 unspecified atom stereocenters. The molecule has 1 aliphatic rings. The SMILES string of the molecule is CCOC(=O)C1CCCN1c1cnccn1. The molecular formula is C11H15N3O2. The van der Waals surface area contributed by atoms with Crippen LogP contribution < -0.4 is 4.90 Å². The Labute approximate surface area is 94.5 Å². The lowest BCUT2D eigenvalue weighted by molar-refractivity contribution is -0.144. The number of aromatic nitrogens is 2. The summed E-state index contributed by atoms with van der Waals surface area (Å²) in [7, 11) is 0. The van der Waals surface area contributed by atoms with E-state index in [0.717, 1.165) is 25.2 Å². The Morgan fingerprint density at radius 1 is 1.62 bits per heavy atom. The number of anilines is 1. The average Bonchev–Trinajstić information content (AvgIpc) is 2.79. The van der Waals surface area contributed by atoms with Crippen LogP contribution in [-0.4, -0.2) is 35.1 Å². The van der Waals surface area contributed by atoms with E-state index in [1.165, 1.54) is 0 Å². The molecule has 1 atom stereocenters. The van der Waals surface area contributed by atoms with Gasteiger partial charge in [-0.05, 0) is 19.8 Å². The third kappa shape index (κ3) is 2.13. The van der Waals surface area contributed by atoms with E-state index in [9.17, 15) is 4.79 Å². The minimum absolute atomic E-state index is 0.161. The van der Waals surface area contributed by atoms with Crippen LogP contribution in [0.3, 0.4) is 0 Å². The fraction of sp³-hybridized carbons (Fsp3) is 0.545. The van der Waals surface area contributed by atoms with Gasteiger partial charge in [0.1, 0.15) is 11.9 Å². The number of hydrogen-bond acceptors (Lipinski definition) is 5. The molecule has 1 aromatic heterocycles. The Bertz CT molecular complexity index is 356. The topological polar surface area (TPSA) is 55.3 Å². The maximum Gasteiger partial charge on any atom is 0.328 e. The van der Waals surface area contributed by atoms with Crippen LogP contribution in [0.4, 0.5) is 5.82 Å². The summed E-state index contributed by atoms with van der Waals surface area (Å²) in [6, 6.07) is -0.198. The van der Waals surface area contributed by atoms with Gasteiger partial charge in [-0.1, -0.05) is 0 Å². The first-order chi connectivity index (χ1) is 7.83. The Morgan fingerprint density at radius 2 is 2.50 bits per heavy atom. The van der Waals surface area contributed by atoms with Gasteiger partial charge in [-0.15, -0.1) is 0 Å². The van der Waals surface area contributed by atoms with Gasteiger partial charge in [-0.3, -0.25) is 4.98 Å². The number of ether oxygens (including phenoxy) is 1. The number of carbonyl (C=O) groups excluding carboxylic acids is 1. The zero-order valence-electron chi connectivity index (χ0n) is 9.30. The summed E-state index contributed by atoms with van der Waals surface area (Å²) in [5.41, 5.74) is 0. The van der Waals surface area contributed by atoms with Crippen molar-refractivity contribution >= 4 is 11.8 Å². The molecule has 1 aromatic rings. The zero-order chi connectivity index (χ0) is 11.4. The number of nitrogens with zero attached hydrogens (tertiary/aromatic N) is 3. The fourth-order valence-electron chi connectivity index (χ4n) is 1.96. The predicted molar refractivity (Wildman–Crippen MR) is 59.0 cm³/mol. The normalized spacial score (nSPS) is 19.8. The number of hydrogen-bond donors (Lipinski definition) is 0. The Kier molecular flexibility index (Phi) is 3.34. The van der Waals surface area contributed by atoms with Gasteiger partial charge in [0.25, 0.3) is 0 Å². The van der Waals surface area contributed by atoms with Crippen LogP contribution in [0.1, 0.15) is 19.8 Å². The van der Waals surface area contributed by atoms with Crippen LogP contribution in [0.15, 0.2) is 18.6 Å². The van der Waals surface area contributed by atoms with Crippen molar-refractivity contribution in [3.05, 3.63) is 18.6 Å². The lowest BCUT2D eigenvalue weighted by Crippen LogP contribution is -2.37. The lowest BCUT2D eigenvalue weighted by Gasteiger charge is -2.23. The van der Waals surface area contributed by atoms with Crippen molar-refractivity contribution in [1.82, 2.24) is 9.97 Å². The quantitative estimate of drug-likeness (QED) is 0.713. The summed E-state index contributed by atoms with van der Waals surface area (Å²) in [6.45, 7) is 3.07. The monoisotopic (exact) mass is 221 g/mol. The Morgan fingerprint density at radius 3 is 3.19 bits per heavy atom. The third-order valence-electron chi connectivity index (χ3n) is 2.66. The van der Waals surface area contributed by atoms with Crippen LogP contribution in [0.5, 0.6) is 0 Å². The van der Waals surface area contributed by atoms with Gasteiger partial charge in [0.15, 0.2) is 0 Å². The minimum Gasteiger partial charge on any atom is -0.464 e. The molecule has 5 nitrogen and oxygen atoms in total. The second-order valence-corrected chi connectivity index (χ2v) is 3.67. The summed E-state index contributed by atoms with van der Waals surface area (Å²) in [5.74, 6) is 0.587. The summed E-state index contributed by atoms with van der Waals surface area (Å²) >= 11 is 0. The molecule has 2 rings (SSSR count). The predicted octanol–water partition coefficient (Wildman–Crippen LogP) is 1.01. The van der Waals surface area contributed by atoms with Gasteiger partial charge < -0.3 is 9.64 Å². The molecule has 0 aliphatic carbocycles. The number of esters is 1. The highest BCUT2D eigenvalue weighted by atomic mass is 16.5. The summed E-state index contributed by atoms with van der Waals surface area (Å²) in [4.78, 5) is 21.9. The minimum atomic E-state index is -0.198. The van der Waals surface area contributed by atoms with Gasteiger partial charge in [-0.2, -0.15) is 0 Å². The summed E-state index contributed by atoms with van der Waals surface area (Å²) in [6.07, 6.45) is 6.75. The van der Waals surface area contributed by atoms with Gasteiger partial charge in [0.05, 0.1) is 12.8 Å². The zero-order valence-corrected chi connectivity index (χ0v) is 9.30. The first kappa shape index (κ1) is 10.9. The van der Waals surface area contributed by atoms with E-state index in [2.05, 4.69) is 9.97 Å². The van der Waals surface area contributed by atoms with Crippen molar-refractivity contribution in [2.24, 2.45) is 0 Å². The van der Waals surface area contributed by atoms with Gasteiger partial charge in [0, 0.05) is 18.9 Å². The second-order valence-electron chi connectivity index (χ2n) is 3.67. The molecule has 0 radical (unpaired) electrons. The van der Waals surface area contributed by atoms with E-state index in [1.807, 2.05) is 11.8 Å².